The van der Waals surface area contributed by atoms with Crippen LogP contribution < -0.4 is 10.5 Å². The molecule has 2 rings (SSSR count). The summed E-state index contributed by atoms with van der Waals surface area (Å²) in [6.07, 6.45) is 5.30. The first-order chi connectivity index (χ1) is 9.91. The van der Waals surface area contributed by atoms with Gasteiger partial charge in [-0.2, -0.15) is 0 Å². The molecule has 1 aromatic carbocycles. The third-order valence-corrected chi connectivity index (χ3v) is 5.04. The van der Waals surface area contributed by atoms with E-state index in [0.717, 1.165) is 12.8 Å². The lowest BCUT2D eigenvalue weighted by Gasteiger charge is -2.12. The monoisotopic (exact) mass is 310 g/mol. The van der Waals surface area contributed by atoms with Crippen LogP contribution in [0.25, 0.3) is 0 Å². The maximum absolute atomic E-state index is 12.1. The normalized spacial score (nSPS) is 16.1. The number of amides is 1. The van der Waals surface area contributed by atoms with Crippen molar-refractivity contribution < 1.29 is 13.2 Å². The van der Waals surface area contributed by atoms with E-state index in [0.29, 0.717) is 30.0 Å². The summed E-state index contributed by atoms with van der Waals surface area (Å²) in [5.41, 5.74) is 0.971. The Morgan fingerprint density at radius 2 is 2.00 bits per heavy atom. The van der Waals surface area contributed by atoms with Crippen LogP contribution in [0.1, 0.15) is 48.5 Å². The minimum atomic E-state index is -3.81. The van der Waals surface area contributed by atoms with E-state index < -0.39 is 10.0 Å². The van der Waals surface area contributed by atoms with Gasteiger partial charge in [-0.05, 0) is 42.9 Å². The molecule has 0 heterocycles. The highest BCUT2D eigenvalue weighted by Gasteiger charge is 2.18. The van der Waals surface area contributed by atoms with E-state index >= 15 is 0 Å². The molecule has 0 atom stereocenters. The van der Waals surface area contributed by atoms with Gasteiger partial charge < -0.3 is 5.32 Å². The first-order valence-corrected chi connectivity index (χ1v) is 8.90. The fourth-order valence-corrected chi connectivity index (χ4v) is 3.68. The largest absolute Gasteiger partial charge is 0.352 e. The van der Waals surface area contributed by atoms with Gasteiger partial charge in [-0.15, -0.1) is 0 Å². The Hall–Kier alpha value is -1.40. The van der Waals surface area contributed by atoms with E-state index in [1.807, 2.05) is 6.92 Å². The van der Waals surface area contributed by atoms with Crippen molar-refractivity contribution in [3.05, 3.63) is 29.3 Å². The Labute approximate surface area is 126 Å². The van der Waals surface area contributed by atoms with E-state index in [2.05, 4.69) is 5.32 Å². The number of sulfonamides is 1. The van der Waals surface area contributed by atoms with Crippen LogP contribution in [0.15, 0.2) is 23.1 Å². The minimum absolute atomic E-state index is 0.0403. The van der Waals surface area contributed by atoms with Crippen LogP contribution in [0.2, 0.25) is 0 Å². The number of aryl methyl sites for hydroxylation is 1. The third-order valence-electron chi connectivity index (χ3n) is 4.04. The van der Waals surface area contributed by atoms with Crippen LogP contribution in [0, 0.1) is 5.92 Å². The van der Waals surface area contributed by atoms with E-state index in [4.69, 9.17) is 5.14 Å². The van der Waals surface area contributed by atoms with Crippen molar-refractivity contribution in [2.75, 3.05) is 6.54 Å². The number of primary sulfonamides is 1. The summed E-state index contributed by atoms with van der Waals surface area (Å²) in [6, 6.07) is 4.68. The summed E-state index contributed by atoms with van der Waals surface area (Å²) in [4.78, 5) is 12.2. The van der Waals surface area contributed by atoms with Crippen LogP contribution >= 0.6 is 0 Å². The Morgan fingerprint density at radius 3 is 2.57 bits per heavy atom. The molecule has 0 aliphatic heterocycles. The fraction of sp³-hybridized carbons (Fsp3) is 0.533. The molecule has 1 saturated carbocycles. The smallest absolute Gasteiger partial charge is 0.251 e. The van der Waals surface area contributed by atoms with Gasteiger partial charge in [-0.25, -0.2) is 13.6 Å². The van der Waals surface area contributed by atoms with Crippen molar-refractivity contribution in [1.82, 2.24) is 5.32 Å². The van der Waals surface area contributed by atoms with Crippen LogP contribution in [0.3, 0.4) is 0 Å². The molecule has 0 unspecified atom stereocenters. The van der Waals surface area contributed by atoms with Gasteiger partial charge in [0.25, 0.3) is 5.91 Å². The fourth-order valence-electron chi connectivity index (χ4n) is 2.81. The van der Waals surface area contributed by atoms with Gasteiger partial charge in [0.15, 0.2) is 0 Å². The van der Waals surface area contributed by atoms with Crippen molar-refractivity contribution in [3.63, 3.8) is 0 Å². The predicted octanol–water partition coefficient (Wildman–Crippen LogP) is 1.82. The third kappa shape index (κ3) is 4.04. The van der Waals surface area contributed by atoms with Gasteiger partial charge in [-0.3, -0.25) is 4.79 Å². The van der Waals surface area contributed by atoms with Crippen molar-refractivity contribution in [1.29, 1.82) is 0 Å². The van der Waals surface area contributed by atoms with Gasteiger partial charge in [0.05, 0.1) is 4.90 Å². The quantitative estimate of drug-likeness (QED) is 0.869. The number of benzene rings is 1. The van der Waals surface area contributed by atoms with Crippen LogP contribution in [0.4, 0.5) is 0 Å². The Kier molecular flexibility index (Phi) is 5.00. The average Bonchev–Trinajstić information content (AvgIpc) is 2.96. The lowest BCUT2D eigenvalue weighted by molar-refractivity contribution is 0.0947. The minimum Gasteiger partial charge on any atom is -0.352 e. The molecule has 0 aromatic heterocycles. The van der Waals surface area contributed by atoms with Gasteiger partial charge in [0.2, 0.25) is 10.0 Å². The van der Waals surface area contributed by atoms with Gasteiger partial charge in [0, 0.05) is 12.1 Å². The zero-order valence-electron chi connectivity index (χ0n) is 12.3. The highest BCUT2D eigenvalue weighted by atomic mass is 32.2. The number of hydrogen-bond acceptors (Lipinski definition) is 3. The summed E-state index contributed by atoms with van der Waals surface area (Å²) < 4.78 is 23.2. The van der Waals surface area contributed by atoms with Crippen LogP contribution in [0.5, 0.6) is 0 Å². The summed E-state index contributed by atoms with van der Waals surface area (Å²) in [5.74, 6) is 0.302. The molecule has 0 bridgehead atoms. The van der Waals surface area contributed by atoms with Crippen LogP contribution in [-0.4, -0.2) is 20.9 Å². The molecule has 6 heteroatoms. The molecule has 3 N–H and O–H groups in total. The van der Waals surface area contributed by atoms with Crippen molar-refractivity contribution >= 4 is 15.9 Å². The van der Waals surface area contributed by atoms with Crippen molar-refractivity contribution in [2.45, 2.75) is 43.9 Å². The highest BCUT2D eigenvalue weighted by molar-refractivity contribution is 7.89. The van der Waals surface area contributed by atoms with Crippen molar-refractivity contribution in [2.24, 2.45) is 11.1 Å². The second kappa shape index (κ2) is 6.58. The molecule has 21 heavy (non-hydrogen) atoms. The Morgan fingerprint density at radius 1 is 1.33 bits per heavy atom. The first kappa shape index (κ1) is 16.0. The second-order valence-electron chi connectivity index (χ2n) is 5.58. The molecule has 0 radical (unpaired) electrons. The van der Waals surface area contributed by atoms with E-state index in [-0.39, 0.29) is 10.8 Å². The number of nitrogens with two attached hydrogens (primary N) is 1. The lowest BCUT2D eigenvalue weighted by atomic mass is 10.1. The molecule has 5 nitrogen and oxygen atoms in total. The average molecular weight is 310 g/mol. The standard InChI is InChI=1S/C15H22N2O3S/c1-2-12-7-8-13(9-14(12)21(16,19)20)15(18)17-10-11-5-3-4-6-11/h7-9,11H,2-6,10H2,1H3,(H,17,18)(H2,16,19,20). The molecular weight excluding hydrogens is 288 g/mol. The number of rotatable bonds is 5. The molecule has 1 aliphatic carbocycles. The van der Waals surface area contributed by atoms with E-state index in [9.17, 15) is 13.2 Å². The highest BCUT2D eigenvalue weighted by Crippen LogP contribution is 2.24. The summed E-state index contributed by atoms with van der Waals surface area (Å²) in [7, 11) is -3.81. The zero-order valence-corrected chi connectivity index (χ0v) is 13.1. The topological polar surface area (TPSA) is 89.3 Å². The van der Waals surface area contributed by atoms with E-state index in [1.165, 1.54) is 18.9 Å². The number of carbonyl (C=O) groups is 1. The molecule has 1 fully saturated rings. The van der Waals surface area contributed by atoms with Gasteiger partial charge in [-0.1, -0.05) is 25.8 Å². The SMILES string of the molecule is CCc1ccc(C(=O)NCC2CCCC2)cc1S(N)(=O)=O. The molecule has 116 valence electrons. The van der Waals surface area contributed by atoms with Gasteiger partial charge >= 0.3 is 0 Å². The zero-order chi connectivity index (χ0) is 15.5. The number of nitrogens with one attached hydrogen (secondary N) is 1. The molecule has 1 aliphatic rings. The van der Waals surface area contributed by atoms with Crippen LogP contribution in [-0.2, 0) is 16.4 Å². The second-order valence-corrected chi connectivity index (χ2v) is 7.11. The first-order valence-electron chi connectivity index (χ1n) is 7.35. The summed E-state index contributed by atoms with van der Waals surface area (Å²) in [6.45, 7) is 2.50. The Bertz CT molecular complexity index is 620. The van der Waals surface area contributed by atoms with Gasteiger partial charge in [0.1, 0.15) is 0 Å². The molecule has 0 saturated heterocycles. The summed E-state index contributed by atoms with van der Waals surface area (Å²) in [5, 5.41) is 8.10. The molecular formula is C15H22N2O3S. The molecule has 1 amide bonds. The summed E-state index contributed by atoms with van der Waals surface area (Å²) >= 11 is 0. The predicted molar refractivity (Wildman–Crippen MR) is 81.5 cm³/mol. The number of carbonyl (C=O) groups excluding carboxylic acids is 1. The molecule has 1 aromatic rings. The number of hydrogen-bond donors (Lipinski definition) is 2. The van der Waals surface area contributed by atoms with Crippen molar-refractivity contribution in [3.8, 4) is 0 Å². The Balaban J connectivity index is 2.13. The van der Waals surface area contributed by atoms with E-state index in [1.54, 1.807) is 12.1 Å². The lowest BCUT2D eigenvalue weighted by Crippen LogP contribution is -2.28. The maximum Gasteiger partial charge on any atom is 0.251 e. The molecule has 0 spiro atoms. The maximum atomic E-state index is 12.1.